The second kappa shape index (κ2) is 9.72. The molecule has 0 aromatic carbocycles. The van der Waals surface area contributed by atoms with E-state index in [1.54, 1.807) is 6.08 Å². The highest BCUT2D eigenvalue weighted by Gasteiger charge is 2.09. The maximum atomic E-state index is 5.61. The summed E-state index contributed by atoms with van der Waals surface area (Å²) in [6.45, 7) is 11.8. The van der Waals surface area contributed by atoms with Gasteiger partial charge in [-0.15, -0.1) is 11.6 Å². The number of alkyl halides is 1. The van der Waals surface area contributed by atoms with Crippen LogP contribution in [-0.4, -0.2) is 11.0 Å². The third-order valence-electron chi connectivity index (χ3n) is 2.08. The first-order valence-electron chi connectivity index (χ1n) is 6.21. The number of hydrogen-bond donors (Lipinski definition) is 0. The Labute approximate surface area is 115 Å². The molecule has 0 aliphatic rings. The van der Waals surface area contributed by atoms with E-state index in [1.807, 2.05) is 38.1 Å². The molecule has 1 aromatic rings. The Morgan fingerprint density at radius 2 is 2.17 bits per heavy atom. The lowest BCUT2D eigenvalue weighted by Gasteiger charge is -1.94. The van der Waals surface area contributed by atoms with Crippen LogP contribution in [0.3, 0.4) is 0 Å². The molecule has 18 heavy (non-hydrogen) atoms. The topological polar surface area (TPSA) is 26.0 Å². The average molecular weight is 268 g/mol. The second-order valence-corrected chi connectivity index (χ2v) is 3.99. The van der Waals surface area contributed by atoms with Crippen LogP contribution in [0.2, 0.25) is 0 Å². The van der Waals surface area contributed by atoms with E-state index >= 15 is 0 Å². The van der Waals surface area contributed by atoms with Gasteiger partial charge in [0.2, 0.25) is 0 Å². The van der Waals surface area contributed by atoms with E-state index in [0.29, 0.717) is 11.8 Å². The third kappa shape index (κ3) is 5.37. The Morgan fingerprint density at radius 3 is 2.61 bits per heavy atom. The molecule has 1 aromatic heterocycles. The number of allylic oxidation sites excluding steroid dienone is 5. The van der Waals surface area contributed by atoms with Crippen LogP contribution in [0.5, 0.6) is 0 Å². The highest BCUT2D eigenvalue weighted by molar-refractivity contribution is 6.19. The van der Waals surface area contributed by atoms with Crippen LogP contribution < -0.4 is 0 Å². The van der Waals surface area contributed by atoms with Gasteiger partial charge in [0.15, 0.2) is 0 Å². The highest BCUT2D eigenvalue weighted by atomic mass is 35.5. The lowest BCUT2D eigenvalue weighted by Crippen LogP contribution is -1.82. The van der Waals surface area contributed by atoms with Crippen molar-refractivity contribution in [2.75, 3.05) is 5.88 Å². The van der Waals surface area contributed by atoms with Crippen LogP contribution >= 0.6 is 11.6 Å². The molecule has 0 N–H and O–H groups in total. The molecule has 0 spiro atoms. The van der Waals surface area contributed by atoms with Crippen molar-refractivity contribution in [3.63, 3.8) is 0 Å². The molecule has 0 saturated heterocycles. The summed E-state index contributed by atoms with van der Waals surface area (Å²) < 4.78 is 5.24. The van der Waals surface area contributed by atoms with Gasteiger partial charge in [-0.05, 0) is 0 Å². The number of aromatic nitrogens is 1. The molecule has 1 rings (SSSR count). The number of hydrogen-bond acceptors (Lipinski definition) is 2. The molecule has 0 amide bonds. The van der Waals surface area contributed by atoms with Gasteiger partial charge in [-0.2, -0.15) is 0 Å². The van der Waals surface area contributed by atoms with Crippen molar-refractivity contribution in [2.45, 2.75) is 33.6 Å². The lowest BCUT2D eigenvalue weighted by atomic mass is 10.1. The van der Waals surface area contributed by atoms with Crippen molar-refractivity contribution in [2.24, 2.45) is 0 Å². The van der Waals surface area contributed by atoms with Crippen molar-refractivity contribution in [3.8, 4) is 0 Å². The van der Waals surface area contributed by atoms with E-state index < -0.39 is 0 Å². The van der Waals surface area contributed by atoms with Gasteiger partial charge in [0.1, 0.15) is 11.5 Å². The summed E-state index contributed by atoms with van der Waals surface area (Å²) in [4.78, 5) is 0. The second-order valence-electron chi connectivity index (χ2n) is 3.68. The molecule has 2 nitrogen and oxygen atoms in total. The highest BCUT2D eigenvalue weighted by Crippen LogP contribution is 2.21. The zero-order valence-electron chi connectivity index (χ0n) is 11.6. The minimum absolute atomic E-state index is 0.336. The van der Waals surface area contributed by atoms with Crippen molar-refractivity contribution < 1.29 is 4.52 Å². The van der Waals surface area contributed by atoms with E-state index in [9.17, 15) is 0 Å². The molecule has 0 aliphatic heterocycles. The van der Waals surface area contributed by atoms with Gasteiger partial charge >= 0.3 is 0 Å². The monoisotopic (exact) mass is 267 g/mol. The molecular weight excluding hydrogens is 246 g/mol. The average Bonchev–Trinajstić information content (AvgIpc) is 2.86. The zero-order valence-corrected chi connectivity index (χ0v) is 12.4. The normalized spacial score (nSPS) is 11.6. The fourth-order valence-corrected chi connectivity index (χ4v) is 1.31. The van der Waals surface area contributed by atoms with Crippen LogP contribution in [0, 0.1) is 0 Å². The summed E-state index contributed by atoms with van der Waals surface area (Å²) in [5.74, 6) is 1.69. The molecule has 100 valence electrons. The largest absolute Gasteiger partial charge is 0.361 e. The van der Waals surface area contributed by atoms with Gasteiger partial charge in [0, 0.05) is 23.4 Å². The number of halogens is 1. The molecule has 0 fully saturated rings. The Balaban J connectivity index is 0.00000137. The summed E-state index contributed by atoms with van der Waals surface area (Å²) >= 11 is 5.61. The van der Waals surface area contributed by atoms with Gasteiger partial charge in [-0.1, -0.05) is 63.7 Å². The molecule has 0 bridgehead atoms. The van der Waals surface area contributed by atoms with Gasteiger partial charge < -0.3 is 4.52 Å². The zero-order chi connectivity index (χ0) is 14.0. The molecule has 1 heterocycles. The van der Waals surface area contributed by atoms with E-state index in [-0.39, 0.29) is 0 Å². The van der Waals surface area contributed by atoms with E-state index in [0.717, 1.165) is 17.0 Å². The molecule has 3 heteroatoms. The number of rotatable bonds is 5. The van der Waals surface area contributed by atoms with E-state index in [4.69, 9.17) is 16.1 Å². The summed E-state index contributed by atoms with van der Waals surface area (Å²) in [7, 11) is 0. The maximum absolute atomic E-state index is 5.61. The molecular formula is C15H22ClNO. The summed E-state index contributed by atoms with van der Waals surface area (Å²) in [5, 5.41) is 4.02. The predicted octanol–water partition coefficient (Wildman–Crippen LogP) is 5.19. The minimum Gasteiger partial charge on any atom is -0.361 e. The fraction of sp³-hybridized carbons (Fsp3) is 0.400. The van der Waals surface area contributed by atoms with Gasteiger partial charge in [-0.25, -0.2) is 0 Å². The van der Waals surface area contributed by atoms with Crippen molar-refractivity contribution in [1.29, 1.82) is 0 Å². The van der Waals surface area contributed by atoms with Gasteiger partial charge in [-0.3, -0.25) is 0 Å². The van der Waals surface area contributed by atoms with Crippen molar-refractivity contribution in [1.82, 2.24) is 5.16 Å². The van der Waals surface area contributed by atoms with Crippen LogP contribution in [0.25, 0.3) is 5.57 Å². The van der Waals surface area contributed by atoms with Crippen LogP contribution in [0.15, 0.2) is 41.5 Å². The molecule has 0 radical (unpaired) electrons. The lowest BCUT2D eigenvalue weighted by molar-refractivity contribution is 0.370. The summed E-state index contributed by atoms with van der Waals surface area (Å²) in [6, 6.07) is 1.94. The summed E-state index contributed by atoms with van der Waals surface area (Å²) in [6.07, 6.45) is 7.37. The molecule has 0 saturated carbocycles. The predicted molar refractivity (Wildman–Crippen MR) is 80.0 cm³/mol. The first kappa shape index (κ1) is 16.7. The minimum atomic E-state index is 0.336. The Kier molecular flexibility index (Phi) is 9.03. The summed E-state index contributed by atoms with van der Waals surface area (Å²) in [5.41, 5.74) is 1.76. The van der Waals surface area contributed by atoms with Crippen molar-refractivity contribution in [3.05, 3.63) is 48.4 Å². The molecule has 0 unspecified atom stereocenters. The maximum Gasteiger partial charge on any atom is 0.139 e. The molecule has 0 atom stereocenters. The van der Waals surface area contributed by atoms with Crippen molar-refractivity contribution >= 4 is 17.2 Å². The third-order valence-corrected chi connectivity index (χ3v) is 2.26. The molecule has 0 aliphatic carbocycles. The van der Waals surface area contributed by atoms with Gasteiger partial charge in [0.05, 0.1) is 0 Å². The Morgan fingerprint density at radius 1 is 1.50 bits per heavy atom. The fourth-order valence-electron chi connectivity index (χ4n) is 1.22. The van der Waals surface area contributed by atoms with E-state index in [2.05, 4.69) is 25.6 Å². The standard InChI is InChI=1S/C13H16ClNO.C2H6/c1-4-6-11(7-5-8-14)12-9-13(10(2)3)16-15-12;1-2/h4-7,9-10H,1,8H2,2-3H3;1-2H3/b7-5-,11-6+;. The first-order valence-corrected chi connectivity index (χ1v) is 6.74. The smallest absolute Gasteiger partial charge is 0.139 e. The first-order chi connectivity index (χ1) is 8.69. The van der Waals surface area contributed by atoms with Crippen LogP contribution in [-0.2, 0) is 0 Å². The van der Waals surface area contributed by atoms with E-state index in [1.165, 1.54) is 0 Å². The Hall–Kier alpha value is -1.28. The number of nitrogens with zero attached hydrogens (tertiary/aromatic N) is 1. The van der Waals surface area contributed by atoms with Crippen LogP contribution in [0.1, 0.15) is 45.1 Å². The Bertz CT molecular complexity index is 402. The van der Waals surface area contributed by atoms with Crippen LogP contribution in [0.4, 0.5) is 0 Å². The quantitative estimate of drug-likeness (QED) is 0.542. The van der Waals surface area contributed by atoms with Gasteiger partial charge in [0.25, 0.3) is 0 Å². The SMILES string of the molecule is C=C/C=C(\C=C/CCl)c1cc(C(C)C)on1.CC.